The molecule has 0 spiro atoms. The first kappa shape index (κ1) is 17.4. The molecule has 0 aliphatic rings. The second-order valence-corrected chi connectivity index (χ2v) is 7.53. The molecule has 0 radical (unpaired) electrons. The molecule has 0 saturated carbocycles. The summed E-state index contributed by atoms with van der Waals surface area (Å²) >= 11 is 0. The Morgan fingerprint density at radius 2 is 1.83 bits per heavy atom. The standard InChI is InChI=1S/C12H25NO4S/c1-6-13(9-7-11(14)17-5)18(15,16)10-8-12(2,3)4/h6-10H2,1-5H3. The smallest absolute Gasteiger partial charge is 0.306 e. The molecule has 5 nitrogen and oxygen atoms in total. The van der Waals surface area contributed by atoms with Crippen molar-refractivity contribution < 1.29 is 17.9 Å². The molecule has 0 aliphatic heterocycles. The summed E-state index contributed by atoms with van der Waals surface area (Å²) in [7, 11) is -1.99. The number of hydrogen-bond acceptors (Lipinski definition) is 4. The average molecular weight is 279 g/mol. The van der Waals surface area contributed by atoms with Crippen LogP contribution in [-0.2, 0) is 19.6 Å². The van der Waals surface area contributed by atoms with Gasteiger partial charge in [0.05, 0.1) is 19.3 Å². The number of carbonyl (C=O) groups is 1. The van der Waals surface area contributed by atoms with Gasteiger partial charge in [0.1, 0.15) is 0 Å². The number of carbonyl (C=O) groups excluding carboxylic acids is 1. The van der Waals surface area contributed by atoms with Gasteiger partial charge in [-0.3, -0.25) is 4.79 Å². The van der Waals surface area contributed by atoms with Gasteiger partial charge in [-0.05, 0) is 11.8 Å². The first-order chi connectivity index (χ1) is 8.12. The third-order valence-electron chi connectivity index (χ3n) is 2.65. The minimum atomic E-state index is -3.28. The molecule has 0 aliphatic carbocycles. The molecule has 0 saturated heterocycles. The van der Waals surface area contributed by atoms with E-state index in [4.69, 9.17) is 0 Å². The molecule has 18 heavy (non-hydrogen) atoms. The molecule has 0 rings (SSSR count). The maximum atomic E-state index is 12.1. The van der Waals surface area contributed by atoms with Crippen molar-refractivity contribution in [2.24, 2.45) is 5.41 Å². The summed E-state index contributed by atoms with van der Waals surface area (Å²) < 4.78 is 30.0. The number of rotatable bonds is 7. The molecule has 6 heteroatoms. The van der Waals surface area contributed by atoms with E-state index < -0.39 is 10.0 Å². The number of esters is 1. The molecule has 0 N–H and O–H groups in total. The number of sulfonamides is 1. The van der Waals surface area contributed by atoms with Crippen LogP contribution in [0.5, 0.6) is 0 Å². The van der Waals surface area contributed by atoms with Gasteiger partial charge in [-0.1, -0.05) is 27.7 Å². The molecular formula is C12H25NO4S. The lowest BCUT2D eigenvalue weighted by atomic mass is 9.94. The zero-order valence-corrected chi connectivity index (χ0v) is 12.8. The van der Waals surface area contributed by atoms with E-state index in [-0.39, 0.29) is 30.1 Å². The van der Waals surface area contributed by atoms with E-state index in [2.05, 4.69) is 4.74 Å². The second-order valence-electron chi connectivity index (χ2n) is 5.44. The molecule has 108 valence electrons. The van der Waals surface area contributed by atoms with Gasteiger partial charge < -0.3 is 4.74 Å². The molecule has 0 aromatic heterocycles. The number of hydrogen-bond donors (Lipinski definition) is 0. The van der Waals surface area contributed by atoms with Crippen molar-refractivity contribution in [2.75, 3.05) is 26.0 Å². The van der Waals surface area contributed by atoms with Crippen molar-refractivity contribution in [1.29, 1.82) is 0 Å². The quantitative estimate of drug-likeness (QED) is 0.665. The summed E-state index contributed by atoms with van der Waals surface area (Å²) in [5.74, 6) is -0.273. The van der Waals surface area contributed by atoms with E-state index in [1.54, 1.807) is 6.92 Å². The van der Waals surface area contributed by atoms with Crippen LogP contribution in [0.3, 0.4) is 0 Å². The number of ether oxygens (including phenoxy) is 1. The van der Waals surface area contributed by atoms with Gasteiger partial charge >= 0.3 is 5.97 Å². The Balaban J connectivity index is 4.48. The Hall–Kier alpha value is -0.620. The summed E-state index contributed by atoms with van der Waals surface area (Å²) in [5.41, 5.74) is -0.0190. The third-order valence-corrected chi connectivity index (χ3v) is 4.60. The Morgan fingerprint density at radius 3 is 2.22 bits per heavy atom. The zero-order valence-electron chi connectivity index (χ0n) is 12.0. The van der Waals surface area contributed by atoms with Gasteiger partial charge in [0.2, 0.25) is 10.0 Å². The molecule has 0 atom stereocenters. The minimum Gasteiger partial charge on any atom is -0.469 e. The molecule has 0 amide bonds. The summed E-state index contributed by atoms with van der Waals surface area (Å²) in [6.45, 7) is 8.36. The van der Waals surface area contributed by atoms with Crippen LogP contribution in [-0.4, -0.2) is 44.6 Å². The highest BCUT2D eigenvalue weighted by Gasteiger charge is 2.23. The SMILES string of the molecule is CCN(CCC(=O)OC)S(=O)(=O)CCC(C)(C)C. The average Bonchev–Trinajstić information content (AvgIpc) is 2.26. The topological polar surface area (TPSA) is 63.7 Å². The van der Waals surface area contributed by atoms with E-state index in [0.29, 0.717) is 13.0 Å². The van der Waals surface area contributed by atoms with Crippen molar-refractivity contribution in [1.82, 2.24) is 4.31 Å². The highest BCUT2D eigenvalue weighted by Crippen LogP contribution is 2.20. The van der Waals surface area contributed by atoms with Gasteiger partial charge in [-0.2, -0.15) is 0 Å². The van der Waals surface area contributed by atoms with Crippen LogP contribution in [0.4, 0.5) is 0 Å². The van der Waals surface area contributed by atoms with Crippen molar-refractivity contribution in [2.45, 2.75) is 40.5 Å². The highest BCUT2D eigenvalue weighted by molar-refractivity contribution is 7.89. The van der Waals surface area contributed by atoms with Crippen molar-refractivity contribution >= 4 is 16.0 Å². The van der Waals surface area contributed by atoms with Crippen LogP contribution >= 0.6 is 0 Å². The van der Waals surface area contributed by atoms with Crippen LogP contribution in [0.15, 0.2) is 0 Å². The Bertz CT molecular complexity index is 357. The van der Waals surface area contributed by atoms with Gasteiger partial charge in [0, 0.05) is 13.1 Å². The summed E-state index contributed by atoms with van der Waals surface area (Å²) in [4.78, 5) is 11.0. The first-order valence-corrected chi connectivity index (χ1v) is 7.78. The third kappa shape index (κ3) is 6.96. The Labute approximate surface area is 111 Å². The van der Waals surface area contributed by atoms with Crippen LogP contribution < -0.4 is 0 Å². The van der Waals surface area contributed by atoms with Crippen molar-refractivity contribution in [3.8, 4) is 0 Å². The number of nitrogens with zero attached hydrogens (tertiary/aromatic N) is 1. The fraction of sp³-hybridized carbons (Fsp3) is 0.917. The van der Waals surface area contributed by atoms with Crippen LogP contribution in [0.2, 0.25) is 0 Å². The molecule has 0 bridgehead atoms. The lowest BCUT2D eigenvalue weighted by molar-refractivity contribution is -0.140. The van der Waals surface area contributed by atoms with Gasteiger partial charge in [0.25, 0.3) is 0 Å². The fourth-order valence-corrected chi connectivity index (χ4v) is 3.27. The van der Waals surface area contributed by atoms with E-state index in [0.717, 1.165) is 0 Å². The Kier molecular flexibility index (Phi) is 6.84. The first-order valence-electron chi connectivity index (χ1n) is 6.17. The summed E-state index contributed by atoms with van der Waals surface area (Å²) in [6, 6.07) is 0. The maximum absolute atomic E-state index is 12.1. The fourth-order valence-electron chi connectivity index (χ4n) is 1.38. The highest BCUT2D eigenvalue weighted by atomic mass is 32.2. The lowest BCUT2D eigenvalue weighted by Crippen LogP contribution is -2.35. The van der Waals surface area contributed by atoms with Gasteiger partial charge in [-0.15, -0.1) is 0 Å². The summed E-state index contributed by atoms with van der Waals surface area (Å²) in [6.07, 6.45) is 0.698. The monoisotopic (exact) mass is 279 g/mol. The molecule has 0 fully saturated rings. The molecule has 0 aromatic carbocycles. The molecular weight excluding hydrogens is 254 g/mol. The van der Waals surface area contributed by atoms with Crippen LogP contribution in [0, 0.1) is 5.41 Å². The maximum Gasteiger partial charge on any atom is 0.306 e. The summed E-state index contributed by atoms with van der Waals surface area (Å²) in [5, 5.41) is 0. The predicted molar refractivity (Wildman–Crippen MR) is 71.7 cm³/mol. The largest absolute Gasteiger partial charge is 0.469 e. The molecule has 0 heterocycles. The van der Waals surface area contributed by atoms with E-state index in [1.807, 2.05) is 20.8 Å². The second kappa shape index (κ2) is 7.09. The number of methoxy groups -OCH3 is 1. The predicted octanol–water partition coefficient (Wildman–Crippen LogP) is 1.64. The van der Waals surface area contributed by atoms with E-state index in [1.165, 1.54) is 11.4 Å². The lowest BCUT2D eigenvalue weighted by Gasteiger charge is -2.23. The van der Waals surface area contributed by atoms with Crippen molar-refractivity contribution in [3.05, 3.63) is 0 Å². The van der Waals surface area contributed by atoms with Crippen LogP contribution in [0.1, 0.15) is 40.5 Å². The van der Waals surface area contributed by atoms with E-state index in [9.17, 15) is 13.2 Å². The molecule has 0 unspecified atom stereocenters. The minimum absolute atomic E-state index is 0.0190. The van der Waals surface area contributed by atoms with Gasteiger partial charge in [0.15, 0.2) is 0 Å². The normalized spacial score (nSPS) is 12.8. The Morgan fingerprint density at radius 1 is 1.28 bits per heavy atom. The molecule has 0 aromatic rings. The zero-order chi connectivity index (χ0) is 14.4. The van der Waals surface area contributed by atoms with Crippen molar-refractivity contribution in [3.63, 3.8) is 0 Å². The van der Waals surface area contributed by atoms with E-state index >= 15 is 0 Å². The van der Waals surface area contributed by atoms with Gasteiger partial charge in [-0.25, -0.2) is 12.7 Å². The van der Waals surface area contributed by atoms with Crippen LogP contribution in [0.25, 0.3) is 0 Å².